The molecule has 2 aliphatic rings. The van der Waals surface area contributed by atoms with Gasteiger partial charge in [0, 0.05) is 19.5 Å². The van der Waals surface area contributed by atoms with Crippen LogP contribution in [0.2, 0.25) is 0 Å². The second-order valence-electron chi connectivity index (χ2n) is 6.06. The third-order valence-corrected chi connectivity index (χ3v) is 5.10. The van der Waals surface area contributed by atoms with Crippen LogP contribution in [0.15, 0.2) is 47.4 Å². The van der Waals surface area contributed by atoms with Gasteiger partial charge in [-0.1, -0.05) is 42.5 Å². The largest absolute Gasteiger partial charge is 0.354 e. The van der Waals surface area contributed by atoms with Crippen molar-refractivity contribution in [2.45, 2.75) is 19.3 Å². The molecule has 1 saturated heterocycles. The second kappa shape index (κ2) is 8.16. The van der Waals surface area contributed by atoms with Crippen LogP contribution in [0, 0.1) is 5.92 Å². The highest BCUT2D eigenvalue weighted by Gasteiger charge is 2.34. The molecule has 6 heteroatoms. The number of rotatable bonds is 6. The van der Waals surface area contributed by atoms with Crippen molar-refractivity contribution in [2.75, 3.05) is 13.1 Å². The van der Waals surface area contributed by atoms with Crippen molar-refractivity contribution in [3.63, 3.8) is 0 Å². The Morgan fingerprint density at radius 3 is 2.80 bits per heavy atom. The minimum absolute atomic E-state index is 0.0386. The first-order valence-corrected chi connectivity index (χ1v) is 9.19. The van der Waals surface area contributed by atoms with Gasteiger partial charge in [-0.2, -0.15) is 0 Å². The number of amides is 3. The average Bonchev–Trinajstić information content (AvgIpc) is 3.19. The first-order valence-electron chi connectivity index (χ1n) is 8.37. The molecule has 1 aliphatic carbocycles. The third kappa shape index (κ3) is 4.60. The maximum atomic E-state index is 12.4. The number of allylic oxidation sites excluding steroid dienone is 2. The number of hydrogen-bond donors (Lipinski definition) is 1. The van der Waals surface area contributed by atoms with E-state index in [-0.39, 0.29) is 30.1 Å². The molecule has 0 saturated carbocycles. The van der Waals surface area contributed by atoms with Crippen molar-refractivity contribution in [3.05, 3.63) is 53.0 Å². The van der Waals surface area contributed by atoms with Gasteiger partial charge in [0.05, 0.1) is 4.91 Å². The van der Waals surface area contributed by atoms with Crippen LogP contribution in [0.1, 0.15) is 24.8 Å². The van der Waals surface area contributed by atoms with Crippen molar-refractivity contribution in [1.82, 2.24) is 10.2 Å². The van der Waals surface area contributed by atoms with Crippen LogP contribution in [0.3, 0.4) is 0 Å². The van der Waals surface area contributed by atoms with Gasteiger partial charge in [0.15, 0.2) is 0 Å². The number of nitrogens with one attached hydrogen (secondary N) is 1. The minimum atomic E-state index is -0.299. The van der Waals surface area contributed by atoms with Crippen LogP contribution in [-0.2, 0) is 9.59 Å². The van der Waals surface area contributed by atoms with Crippen LogP contribution in [0.5, 0.6) is 0 Å². The zero-order valence-electron chi connectivity index (χ0n) is 13.8. The Hall–Kier alpha value is -2.34. The summed E-state index contributed by atoms with van der Waals surface area (Å²) in [6.07, 6.45) is 8.40. The number of nitrogens with zero attached hydrogens (tertiary/aromatic N) is 1. The van der Waals surface area contributed by atoms with Gasteiger partial charge in [-0.25, -0.2) is 0 Å². The molecule has 1 aromatic carbocycles. The maximum absolute atomic E-state index is 12.4. The molecule has 1 atom stereocenters. The van der Waals surface area contributed by atoms with Gasteiger partial charge in [0.1, 0.15) is 0 Å². The molecule has 1 aromatic rings. The third-order valence-electron chi connectivity index (χ3n) is 4.19. The summed E-state index contributed by atoms with van der Waals surface area (Å²) in [6.45, 7) is 0.481. The van der Waals surface area contributed by atoms with Crippen LogP contribution in [-0.4, -0.2) is 35.0 Å². The topological polar surface area (TPSA) is 66.5 Å². The van der Waals surface area contributed by atoms with Gasteiger partial charge in [0.2, 0.25) is 5.91 Å². The molecular weight excluding hydrogens is 336 g/mol. The highest BCUT2D eigenvalue weighted by atomic mass is 32.2. The van der Waals surface area contributed by atoms with E-state index >= 15 is 0 Å². The SMILES string of the molecule is O=C(CC1C=CCC1)NCCN1C(=O)S/C(=C\c2ccccc2)C1=O. The highest BCUT2D eigenvalue weighted by Crippen LogP contribution is 2.31. The average molecular weight is 356 g/mol. The molecule has 3 amide bonds. The summed E-state index contributed by atoms with van der Waals surface area (Å²) in [6, 6.07) is 9.42. The predicted octanol–water partition coefficient (Wildman–Crippen LogP) is 3.20. The fourth-order valence-corrected chi connectivity index (χ4v) is 3.74. The summed E-state index contributed by atoms with van der Waals surface area (Å²) in [5.74, 6) is -0.0267. The van der Waals surface area contributed by atoms with E-state index in [1.54, 1.807) is 6.08 Å². The Morgan fingerprint density at radius 2 is 2.08 bits per heavy atom. The van der Waals surface area contributed by atoms with Crippen molar-refractivity contribution in [1.29, 1.82) is 0 Å². The van der Waals surface area contributed by atoms with E-state index in [1.165, 1.54) is 4.90 Å². The van der Waals surface area contributed by atoms with Crippen LogP contribution >= 0.6 is 11.8 Å². The Kier molecular flexibility index (Phi) is 5.71. The highest BCUT2D eigenvalue weighted by molar-refractivity contribution is 8.18. The molecule has 25 heavy (non-hydrogen) atoms. The minimum Gasteiger partial charge on any atom is -0.354 e. The van der Waals surface area contributed by atoms with Crippen LogP contribution < -0.4 is 5.32 Å². The van der Waals surface area contributed by atoms with E-state index < -0.39 is 0 Å². The molecule has 0 spiro atoms. The van der Waals surface area contributed by atoms with Gasteiger partial charge >= 0.3 is 0 Å². The standard InChI is InChI=1S/C19H20N2O3S/c22-17(13-15-8-4-5-9-15)20-10-11-21-18(23)16(25-19(21)24)12-14-6-2-1-3-7-14/h1-4,6-8,12,15H,5,9-11,13H2,(H,20,22)/b16-12-. The molecule has 130 valence electrons. The lowest BCUT2D eigenvalue weighted by Crippen LogP contribution is -2.37. The molecule has 1 N–H and O–H groups in total. The van der Waals surface area contributed by atoms with E-state index in [0.717, 1.165) is 30.2 Å². The second-order valence-corrected chi connectivity index (χ2v) is 7.06. The van der Waals surface area contributed by atoms with Crippen LogP contribution in [0.25, 0.3) is 6.08 Å². The Balaban J connectivity index is 1.50. The fraction of sp³-hybridized carbons (Fsp3) is 0.316. The molecule has 1 heterocycles. The normalized spacial score (nSPS) is 21.4. The number of thioether (sulfide) groups is 1. The molecule has 1 aliphatic heterocycles. The first kappa shape index (κ1) is 17.5. The van der Waals surface area contributed by atoms with Gasteiger partial charge in [-0.15, -0.1) is 0 Å². The number of benzene rings is 1. The molecule has 0 radical (unpaired) electrons. The zero-order valence-corrected chi connectivity index (χ0v) is 14.6. The summed E-state index contributed by atoms with van der Waals surface area (Å²) in [4.78, 5) is 37.9. The number of imide groups is 1. The lowest BCUT2D eigenvalue weighted by atomic mass is 10.1. The van der Waals surface area contributed by atoms with E-state index in [2.05, 4.69) is 17.5 Å². The van der Waals surface area contributed by atoms with E-state index in [4.69, 9.17) is 0 Å². The zero-order chi connectivity index (χ0) is 17.6. The quantitative estimate of drug-likeness (QED) is 0.628. The number of carbonyl (C=O) groups is 3. The van der Waals surface area contributed by atoms with E-state index in [1.807, 2.05) is 30.3 Å². The summed E-state index contributed by atoms with van der Waals surface area (Å²) < 4.78 is 0. The fourth-order valence-electron chi connectivity index (χ4n) is 2.88. The molecule has 0 bridgehead atoms. The Bertz CT molecular complexity index is 727. The molecule has 1 fully saturated rings. The number of hydrogen-bond acceptors (Lipinski definition) is 4. The first-order chi connectivity index (χ1) is 12.1. The van der Waals surface area contributed by atoms with E-state index in [0.29, 0.717) is 17.2 Å². The number of carbonyl (C=O) groups excluding carboxylic acids is 3. The summed E-state index contributed by atoms with van der Waals surface area (Å²) in [5.41, 5.74) is 0.880. The molecular formula is C19H20N2O3S. The monoisotopic (exact) mass is 356 g/mol. The van der Waals surface area contributed by atoms with Crippen molar-refractivity contribution >= 4 is 34.9 Å². The van der Waals surface area contributed by atoms with Gasteiger partial charge in [-0.05, 0) is 42.2 Å². The van der Waals surface area contributed by atoms with Crippen molar-refractivity contribution in [2.24, 2.45) is 5.92 Å². The molecule has 3 rings (SSSR count). The summed E-state index contributed by atoms with van der Waals surface area (Å²) in [7, 11) is 0. The Labute approximate surface area is 151 Å². The molecule has 5 nitrogen and oxygen atoms in total. The molecule has 0 aromatic heterocycles. The van der Waals surface area contributed by atoms with Crippen LogP contribution in [0.4, 0.5) is 4.79 Å². The molecule has 1 unspecified atom stereocenters. The predicted molar refractivity (Wildman–Crippen MR) is 98.6 cm³/mol. The van der Waals surface area contributed by atoms with Gasteiger partial charge in [-0.3, -0.25) is 19.3 Å². The lowest BCUT2D eigenvalue weighted by molar-refractivity contribution is -0.124. The van der Waals surface area contributed by atoms with Crippen molar-refractivity contribution < 1.29 is 14.4 Å². The lowest BCUT2D eigenvalue weighted by Gasteiger charge is -2.13. The van der Waals surface area contributed by atoms with Crippen molar-refractivity contribution in [3.8, 4) is 0 Å². The van der Waals surface area contributed by atoms with Gasteiger partial charge < -0.3 is 5.32 Å². The van der Waals surface area contributed by atoms with Gasteiger partial charge in [0.25, 0.3) is 11.1 Å². The summed E-state index contributed by atoms with van der Waals surface area (Å²) in [5, 5.41) is 2.50. The summed E-state index contributed by atoms with van der Waals surface area (Å²) >= 11 is 0.938. The smallest absolute Gasteiger partial charge is 0.293 e. The Morgan fingerprint density at radius 1 is 1.28 bits per heavy atom. The maximum Gasteiger partial charge on any atom is 0.293 e. The van der Waals surface area contributed by atoms with E-state index in [9.17, 15) is 14.4 Å².